The minimum Gasteiger partial charge on any atom is -0.469 e. The van der Waals surface area contributed by atoms with Crippen LogP contribution in [0.25, 0.3) is 0 Å². The lowest BCUT2D eigenvalue weighted by atomic mass is 10.3. The van der Waals surface area contributed by atoms with Crippen molar-refractivity contribution in [3.05, 3.63) is 32.7 Å². The minimum atomic E-state index is -0.381. The fourth-order valence-electron chi connectivity index (χ4n) is 0.887. The number of halogens is 1. The minimum absolute atomic E-state index is 0.0746. The van der Waals surface area contributed by atoms with E-state index in [2.05, 4.69) is 25.7 Å². The first-order valence-corrected chi connectivity index (χ1v) is 4.36. The SMILES string of the molecule is COC(=O)Cc1cc(=O)cc(Br)[nH]1. The van der Waals surface area contributed by atoms with Gasteiger partial charge in [-0.15, -0.1) is 0 Å². The number of carbonyl (C=O) groups is 1. The third-order valence-corrected chi connectivity index (χ3v) is 1.86. The van der Waals surface area contributed by atoms with E-state index in [9.17, 15) is 9.59 Å². The first-order valence-electron chi connectivity index (χ1n) is 3.57. The van der Waals surface area contributed by atoms with E-state index in [-0.39, 0.29) is 17.8 Å². The molecule has 1 heterocycles. The number of carbonyl (C=O) groups excluding carboxylic acids is 1. The molecule has 0 saturated heterocycles. The van der Waals surface area contributed by atoms with Gasteiger partial charge in [-0.2, -0.15) is 0 Å². The molecule has 0 aliphatic rings. The predicted octanol–water partition coefficient (Wildman–Crippen LogP) is 0.853. The Balaban J connectivity index is 2.89. The average Bonchev–Trinajstić information content (AvgIpc) is 2.02. The molecule has 1 aromatic heterocycles. The number of hydrogen-bond acceptors (Lipinski definition) is 3. The molecule has 0 aliphatic heterocycles. The van der Waals surface area contributed by atoms with Crippen LogP contribution in [0.15, 0.2) is 21.5 Å². The highest BCUT2D eigenvalue weighted by molar-refractivity contribution is 9.10. The van der Waals surface area contributed by atoms with Crippen molar-refractivity contribution < 1.29 is 9.53 Å². The summed E-state index contributed by atoms with van der Waals surface area (Å²) >= 11 is 3.12. The molecule has 0 fully saturated rings. The van der Waals surface area contributed by atoms with E-state index in [1.807, 2.05) is 0 Å². The zero-order chi connectivity index (χ0) is 9.84. The third kappa shape index (κ3) is 3.02. The van der Waals surface area contributed by atoms with Gasteiger partial charge in [0.15, 0.2) is 5.43 Å². The Bertz CT molecular complexity index is 372. The van der Waals surface area contributed by atoms with Crippen molar-refractivity contribution in [2.45, 2.75) is 6.42 Å². The van der Waals surface area contributed by atoms with Crippen molar-refractivity contribution in [2.24, 2.45) is 0 Å². The van der Waals surface area contributed by atoms with E-state index in [1.54, 1.807) is 0 Å². The molecule has 0 aliphatic carbocycles. The summed E-state index contributed by atoms with van der Waals surface area (Å²) in [4.78, 5) is 24.7. The van der Waals surface area contributed by atoms with Gasteiger partial charge in [0.05, 0.1) is 18.1 Å². The van der Waals surface area contributed by atoms with Crippen LogP contribution in [0, 0.1) is 0 Å². The molecule has 0 atom stereocenters. The maximum atomic E-state index is 11.0. The Morgan fingerprint density at radius 2 is 2.31 bits per heavy atom. The summed E-state index contributed by atoms with van der Waals surface area (Å²) in [7, 11) is 1.30. The average molecular weight is 246 g/mol. The number of aromatic amines is 1. The Morgan fingerprint density at radius 1 is 1.62 bits per heavy atom. The lowest BCUT2D eigenvalue weighted by molar-refractivity contribution is -0.139. The van der Waals surface area contributed by atoms with Crippen LogP contribution in [-0.4, -0.2) is 18.1 Å². The van der Waals surface area contributed by atoms with Gasteiger partial charge in [-0.25, -0.2) is 0 Å². The van der Waals surface area contributed by atoms with Crippen LogP contribution < -0.4 is 5.43 Å². The molecule has 0 saturated carbocycles. The molecule has 1 aromatic rings. The van der Waals surface area contributed by atoms with E-state index in [0.29, 0.717) is 10.3 Å². The summed E-state index contributed by atoms with van der Waals surface area (Å²) in [6.45, 7) is 0. The largest absolute Gasteiger partial charge is 0.469 e. The van der Waals surface area contributed by atoms with Crippen LogP contribution in [-0.2, 0) is 16.0 Å². The van der Waals surface area contributed by atoms with Gasteiger partial charge < -0.3 is 9.72 Å². The maximum absolute atomic E-state index is 11.0. The van der Waals surface area contributed by atoms with Crippen molar-refractivity contribution in [1.29, 1.82) is 0 Å². The van der Waals surface area contributed by atoms with E-state index >= 15 is 0 Å². The number of esters is 1. The monoisotopic (exact) mass is 245 g/mol. The summed E-state index contributed by atoms with van der Waals surface area (Å²) < 4.78 is 5.01. The molecule has 0 aromatic carbocycles. The second kappa shape index (κ2) is 4.23. The quantitative estimate of drug-likeness (QED) is 0.621. The molecular weight excluding hydrogens is 238 g/mol. The van der Waals surface area contributed by atoms with Gasteiger partial charge in [0.1, 0.15) is 0 Å². The molecule has 13 heavy (non-hydrogen) atoms. The van der Waals surface area contributed by atoms with Crippen LogP contribution in [0.5, 0.6) is 0 Å². The Labute approximate surface area is 83.1 Å². The standard InChI is InChI=1S/C8H8BrNO3/c1-13-8(12)3-5-2-6(11)4-7(9)10-5/h2,4H,3H2,1H3,(H,10,11). The van der Waals surface area contributed by atoms with Crippen LogP contribution in [0.1, 0.15) is 5.69 Å². The highest BCUT2D eigenvalue weighted by Crippen LogP contribution is 2.03. The smallest absolute Gasteiger partial charge is 0.311 e. The normalized spacial score (nSPS) is 9.69. The second-order valence-electron chi connectivity index (χ2n) is 2.44. The van der Waals surface area contributed by atoms with E-state index in [4.69, 9.17) is 0 Å². The number of pyridine rings is 1. The summed E-state index contributed by atoms with van der Waals surface area (Å²) in [5.41, 5.74) is 0.385. The molecule has 0 spiro atoms. The number of aromatic nitrogens is 1. The van der Waals surface area contributed by atoms with Gasteiger partial charge in [-0.05, 0) is 15.9 Å². The van der Waals surface area contributed by atoms with E-state index in [0.717, 1.165) is 0 Å². The number of nitrogens with one attached hydrogen (secondary N) is 1. The van der Waals surface area contributed by atoms with E-state index < -0.39 is 0 Å². The van der Waals surface area contributed by atoms with Crippen LogP contribution in [0.4, 0.5) is 0 Å². The molecule has 70 valence electrons. The van der Waals surface area contributed by atoms with Gasteiger partial charge in [0.25, 0.3) is 0 Å². The number of H-pyrrole nitrogens is 1. The molecule has 1 N–H and O–H groups in total. The molecule has 0 unspecified atom stereocenters. The molecular formula is C8H8BrNO3. The Hall–Kier alpha value is -1.10. The molecule has 0 amide bonds. The lowest BCUT2D eigenvalue weighted by Gasteiger charge is -2.00. The molecule has 0 bridgehead atoms. The summed E-state index contributed by atoms with van der Waals surface area (Å²) in [5, 5.41) is 0. The second-order valence-corrected chi connectivity index (χ2v) is 3.30. The van der Waals surface area contributed by atoms with Crippen molar-refractivity contribution in [1.82, 2.24) is 4.98 Å². The lowest BCUT2D eigenvalue weighted by Crippen LogP contribution is -2.09. The number of rotatable bonds is 2. The third-order valence-electron chi connectivity index (χ3n) is 1.43. The number of methoxy groups -OCH3 is 1. The van der Waals surface area contributed by atoms with Gasteiger partial charge >= 0.3 is 5.97 Å². The molecule has 5 heteroatoms. The highest BCUT2D eigenvalue weighted by atomic mass is 79.9. The number of ether oxygens (including phenoxy) is 1. The van der Waals surface area contributed by atoms with Crippen molar-refractivity contribution in [2.75, 3.05) is 7.11 Å². The van der Waals surface area contributed by atoms with Crippen molar-refractivity contribution in [3.8, 4) is 0 Å². The van der Waals surface area contributed by atoms with Gasteiger partial charge in [-0.1, -0.05) is 0 Å². The van der Waals surface area contributed by atoms with Crippen LogP contribution >= 0.6 is 15.9 Å². The van der Waals surface area contributed by atoms with Crippen LogP contribution in [0.2, 0.25) is 0 Å². The molecule has 4 nitrogen and oxygen atoms in total. The fraction of sp³-hybridized carbons (Fsp3) is 0.250. The summed E-state index contributed by atoms with van der Waals surface area (Å²) in [6.07, 6.45) is 0.0746. The first-order chi connectivity index (χ1) is 6.11. The topological polar surface area (TPSA) is 59.2 Å². The van der Waals surface area contributed by atoms with E-state index in [1.165, 1.54) is 19.2 Å². The Kier molecular flexibility index (Phi) is 3.25. The van der Waals surface area contributed by atoms with Crippen molar-refractivity contribution >= 4 is 21.9 Å². The first kappa shape index (κ1) is 9.98. The zero-order valence-corrected chi connectivity index (χ0v) is 8.55. The highest BCUT2D eigenvalue weighted by Gasteiger charge is 2.04. The zero-order valence-electron chi connectivity index (χ0n) is 6.96. The molecule has 1 rings (SSSR count). The molecule has 0 radical (unpaired) electrons. The van der Waals surface area contributed by atoms with Gasteiger partial charge in [-0.3, -0.25) is 9.59 Å². The maximum Gasteiger partial charge on any atom is 0.311 e. The summed E-state index contributed by atoms with van der Waals surface area (Å²) in [6, 6.07) is 2.75. The van der Waals surface area contributed by atoms with Crippen molar-refractivity contribution in [3.63, 3.8) is 0 Å². The number of hydrogen-bond donors (Lipinski definition) is 1. The fourth-order valence-corrected chi connectivity index (χ4v) is 1.37. The predicted molar refractivity (Wildman–Crippen MR) is 50.5 cm³/mol. The Morgan fingerprint density at radius 3 is 2.85 bits per heavy atom. The van der Waals surface area contributed by atoms with Gasteiger partial charge in [0.2, 0.25) is 0 Å². The van der Waals surface area contributed by atoms with Gasteiger partial charge in [0, 0.05) is 17.8 Å². The summed E-state index contributed by atoms with van der Waals surface area (Å²) in [5.74, 6) is -0.381. The van der Waals surface area contributed by atoms with Crippen LogP contribution in [0.3, 0.4) is 0 Å².